The lowest BCUT2D eigenvalue weighted by Crippen LogP contribution is -2.00. The molecule has 0 radical (unpaired) electrons. The minimum Gasteiger partial charge on any atom is -0.439 e. The summed E-state index contributed by atoms with van der Waals surface area (Å²) in [5, 5.41) is 13.5. The number of nitrogens with zero attached hydrogens (tertiary/aromatic N) is 2. The van der Waals surface area contributed by atoms with Crippen molar-refractivity contribution in [2.45, 2.75) is 18.4 Å². The highest BCUT2D eigenvalue weighted by molar-refractivity contribution is 7.90. The lowest BCUT2D eigenvalue weighted by molar-refractivity contribution is 0.274. The van der Waals surface area contributed by atoms with Gasteiger partial charge in [0.05, 0.1) is 22.8 Å². The second-order valence-electron chi connectivity index (χ2n) is 4.50. The van der Waals surface area contributed by atoms with Crippen LogP contribution < -0.4 is 4.74 Å². The zero-order valence-corrected chi connectivity index (χ0v) is 12.3. The number of ether oxygens (including phenoxy) is 1. The molecule has 0 fully saturated rings. The van der Waals surface area contributed by atoms with E-state index in [0.29, 0.717) is 22.9 Å². The summed E-state index contributed by atoms with van der Waals surface area (Å²) < 4.78 is 30.2. The number of aryl methyl sites for hydroxylation is 2. The fourth-order valence-electron chi connectivity index (χ4n) is 1.87. The Kier molecular flexibility index (Phi) is 3.82. The second-order valence-corrected chi connectivity index (χ2v) is 6.52. The highest BCUT2D eigenvalue weighted by Crippen LogP contribution is 2.28. The number of aliphatic hydroxyl groups is 1. The molecule has 0 unspecified atom stereocenters. The van der Waals surface area contributed by atoms with Crippen LogP contribution in [-0.4, -0.2) is 29.6 Å². The van der Waals surface area contributed by atoms with Crippen LogP contribution in [0.1, 0.15) is 11.3 Å². The molecule has 0 bridgehead atoms. The van der Waals surface area contributed by atoms with E-state index in [4.69, 9.17) is 4.74 Å². The second kappa shape index (κ2) is 5.26. The van der Waals surface area contributed by atoms with Gasteiger partial charge in [0, 0.05) is 13.3 Å². The summed E-state index contributed by atoms with van der Waals surface area (Å²) in [6.07, 6.45) is 1.14. The van der Waals surface area contributed by atoms with Crippen molar-refractivity contribution in [2.75, 3.05) is 6.26 Å². The van der Waals surface area contributed by atoms with Crippen molar-refractivity contribution in [2.24, 2.45) is 7.05 Å². The zero-order chi connectivity index (χ0) is 14.9. The molecule has 7 heteroatoms. The molecule has 1 aromatic heterocycles. The molecule has 2 rings (SSSR count). The molecule has 1 N–H and O–H groups in total. The van der Waals surface area contributed by atoms with Gasteiger partial charge in [0.2, 0.25) is 5.88 Å². The summed E-state index contributed by atoms with van der Waals surface area (Å²) in [7, 11) is -1.59. The topological polar surface area (TPSA) is 81.4 Å². The molecule has 20 heavy (non-hydrogen) atoms. The van der Waals surface area contributed by atoms with Crippen molar-refractivity contribution in [3.05, 3.63) is 35.5 Å². The van der Waals surface area contributed by atoms with Crippen molar-refractivity contribution >= 4 is 9.84 Å². The van der Waals surface area contributed by atoms with E-state index in [1.165, 1.54) is 16.8 Å². The highest BCUT2D eigenvalue weighted by Gasteiger charge is 2.15. The van der Waals surface area contributed by atoms with Gasteiger partial charge in [-0.3, -0.25) is 0 Å². The van der Waals surface area contributed by atoms with Gasteiger partial charge in [-0.05, 0) is 25.1 Å². The Hall–Kier alpha value is -1.86. The number of rotatable bonds is 4. The third-order valence-electron chi connectivity index (χ3n) is 2.90. The highest BCUT2D eigenvalue weighted by atomic mass is 32.2. The smallest absolute Gasteiger partial charge is 0.223 e. The van der Waals surface area contributed by atoms with Gasteiger partial charge in [-0.2, -0.15) is 5.10 Å². The minimum absolute atomic E-state index is 0.180. The lowest BCUT2D eigenvalue weighted by Gasteiger charge is -2.08. The maximum Gasteiger partial charge on any atom is 0.223 e. The number of aliphatic hydroxyl groups excluding tert-OH is 1. The molecular weight excluding hydrogens is 280 g/mol. The largest absolute Gasteiger partial charge is 0.439 e. The van der Waals surface area contributed by atoms with Crippen LogP contribution in [0.15, 0.2) is 29.2 Å². The number of aromatic nitrogens is 2. The number of benzene rings is 1. The molecule has 0 aliphatic heterocycles. The first-order chi connectivity index (χ1) is 9.32. The fraction of sp³-hybridized carbons (Fsp3) is 0.308. The summed E-state index contributed by atoms with van der Waals surface area (Å²) in [4.78, 5) is 0.180. The molecule has 0 spiro atoms. The first kappa shape index (κ1) is 14.5. The van der Waals surface area contributed by atoms with Crippen molar-refractivity contribution in [1.82, 2.24) is 9.78 Å². The van der Waals surface area contributed by atoms with E-state index in [2.05, 4.69) is 5.10 Å². The van der Waals surface area contributed by atoms with Crippen molar-refractivity contribution < 1.29 is 18.3 Å². The SMILES string of the molecule is Cc1nn(C)c(Oc2cccc(S(C)(=O)=O)c2)c1CO. The molecule has 2 aromatic rings. The maximum absolute atomic E-state index is 11.5. The Morgan fingerprint density at radius 1 is 1.40 bits per heavy atom. The predicted octanol–water partition coefficient (Wildman–Crippen LogP) is 1.42. The van der Waals surface area contributed by atoms with E-state index >= 15 is 0 Å². The normalized spacial score (nSPS) is 11.6. The van der Waals surface area contributed by atoms with Crippen LogP contribution in [0.2, 0.25) is 0 Å². The Morgan fingerprint density at radius 2 is 2.10 bits per heavy atom. The molecule has 0 atom stereocenters. The fourth-order valence-corrected chi connectivity index (χ4v) is 2.53. The Balaban J connectivity index is 2.41. The minimum atomic E-state index is -3.29. The van der Waals surface area contributed by atoms with E-state index in [9.17, 15) is 13.5 Å². The van der Waals surface area contributed by atoms with Crippen LogP contribution >= 0.6 is 0 Å². The van der Waals surface area contributed by atoms with Gasteiger partial charge < -0.3 is 9.84 Å². The standard InChI is InChI=1S/C13H16N2O4S/c1-9-12(8-16)13(15(2)14-9)19-10-5-4-6-11(7-10)20(3,17)18/h4-7,16H,8H2,1-3H3. The van der Waals surface area contributed by atoms with E-state index < -0.39 is 9.84 Å². The third kappa shape index (κ3) is 2.83. The van der Waals surface area contributed by atoms with Gasteiger partial charge in [0.25, 0.3) is 0 Å². The van der Waals surface area contributed by atoms with Crippen LogP contribution in [0.3, 0.4) is 0 Å². The van der Waals surface area contributed by atoms with Gasteiger partial charge in [-0.25, -0.2) is 13.1 Å². The van der Waals surface area contributed by atoms with E-state index in [1.807, 2.05) is 0 Å². The quantitative estimate of drug-likeness (QED) is 0.922. The number of hydrogen-bond donors (Lipinski definition) is 1. The molecular formula is C13H16N2O4S. The molecule has 1 aromatic carbocycles. The van der Waals surface area contributed by atoms with Crippen molar-refractivity contribution in [3.63, 3.8) is 0 Å². The summed E-state index contributed by atoms with van der Waals surface area (Å²) in [6.45, 7) is 1.58. The lowest BCUT2D eigenvalue weighted by atomic mass is 10.2. The number of hydrogen-bond acceptors (Lipinski definition) is 5. The third-order valence-corrected chi connectivity index (χ3v) is 4.01. The first-order valence-corrected chi connectivity index (χ1v) is 7.83. The Labute approximate surface area is 117 Å². The zero-order valence-electron chi connectivity index (χ0n) is 11.5. The molecule has 0 aliphatic rings. The molecule has 0 amide bonds. The molecule has 0 aliphatic carbocycles. The molecule has 1 heterocycles. The van der Waals surface area contributed by atoms with Gasteiger partial charge >= 0.3 is 0 Å². The van der Waals surface area contributed by atoms with Gasteiger partial charge in [-0.15, -0.1) is 0 Å². The van der Waals surface area contributed by atoms with Crippen LogP contribution in [0, 0.1) is 6.92 Å². The molecule has 6 nitrogen and oxygen atoms in total. The van der Waals surface area contributed by atoms with Gasteiger partial charge in [0.15, 0.2) is 9.84 Å². The molecule has 0 saturated heterocycles. The summed E-state index contributed by atoms with van der Waals surface area (Å²) in [6, 6.07) is 6.20. The van der Waals surface area contributed by atoms with Crippen molar-refractivity contribution in [3.8, 4) is 11.6 Å². The van der Waals surface area contributed by atoms with Crippen molar-refractivity contribution in [1.29, 1.82) is 0 Å². The van der Waals surface area contributed by atoms with E-state index in [0.717, 1.165) is 6.26 Å². The van der Waals surface area contributed by atoms with Gasteiger partial charge in [0.1, 0.15) is 5.75 Å². The summed E-state index contributed by atoms with van der Waals surface area (Å²) in [5.74, 6) is 0.779. The summed E-state index contributed by atoms with van der Waals surface area (Å²) in [5.41, 5.74) is 1.25. The first-order valence-electron chi connectivity index (χ1n) is 5.94. The Bertz CT molecular complexity index is 735. The van der Waals surface area contributed by atoms with E-state index in [1.54, 1.807) is 26.1 Å². The average molecular weight is 296 g/mol. The average Bonchev–Trinajstić information content (AvgIpc) is 2.63. The summed E-state index contributed by atoms with van der Waals surface area (Å²) >= 11 is 0. The number of sulfone groups is 1. The van der Waals surface area contributed by atoms with Gasteiger partial charge in [-0.1, -0.05) is 6.07 Å². The Morgan fingerprint density at radius 3 is 2.70 bits per heavy atom. The van der Waals surface area contributed by atoms with Crippen LogP contribution in [0.4, 0.5) is 0 Å². The van der Waals surface area contributed by atoms with Crippen LogP contribution in [-0.2, 0) is 23.5 Å². The van der Waals surface area contributed by atoms with Crippen LogP contribution in [0.25, 0.3) is 0 Å². The molecule has 0 saturated carbocycles. The van der Waals surface area contributed by atoms with Crippen LogP contribution in [0.5, 0.6) is 11.6 Å². The maximum atomic E-state index is 11.5. The predicted molar refractivity (Wildman–Crippen MR) is 73.5 cm³/mol. The van der Waals surface area contributed by atoms with E-state index in [-0.39, 0.29) is 11.5 Å². The monoisotopic (exact) mass is 296 g/mol. The molecule has 108 valence electrons.